The van der Waals surface area contributed by atoms with Crippen LogP contribution in [0.4, 0.5) is 5.69 Å². The van der Waals surface area contributed by atoms with E-state index in [0.717, 1.165) is 11.1 Å². The minimum Gasteiger partial charge on any atom is -0.507 e. The second-order valence-corrected chi connectivity index (χ2v) is 9.93. The number of nitrogens with zero attached hydrogens (tertiary/aromatic N) is 1. The first-order valence-corrected chi connectivity index (χ1v) is 11.8. The number of anilines is 1. The Kier molecular flexibility index (Phi) is 6.63. The third-order valence-corrected chi connectivity index (χ3v) is 6.53. The van der Waals surface area contributed by atoms with Crippen LogP contribution in [0.25, 0.3) is 5.76 Å². The van der Waals surface area contributed by atoms with Crippen molar-refractivity contribution in [2.45, 2.75) is 39.2 Å². The molecule has 1 fully saturated rings. The number of methoxy groups -OCH3 is 2. The zero-order chi connectivity index (χ0) is 26.2. The van der Waals surface area contributed by atoms with Gasteiger partial charge in [0.25, 0.3) is 11.7 Å². The van der Waals surface area contributed by atoms with Crippen molar-refractivity contribution in [2.24, 2.45) is 0 Å². The quantitative estimate of drug-likeness (QED) is 0.275. The van der Waals surface area contributed by atoms with Gasteiger partial charge < -0.3 is 14.6 Å². The van der Waals surface area contributed by atoms with Gasteiger partial charge in [-0.3, -0.25) is 14.5 Å². The number of ether oxygens (including phenoxy) is 2. The van der Waals surface area contributed by atoms with E-state index >= 15 is 0 Å². The molecular weight excluding hydrogens is 454 g/mol. The number of benzene rings is 3. The lowest BCUT2D eigenvalue weighted by Crippen LogP contribution is -2.29. The van der Waals surface area contributed by atoms with Crippen molar-refractivity contribution < 1.29 is 24.2 Å². The fourth-order valence-electron chi connectivity index (χ4n) is 4.53. The molecule has 36 heavy (non-hydrogen) atoms. The van der Waals surface area contributed by atoms with Crippen LogP contribution >= 0.6 is 0 Å². The molecule has 1 amide bonds. The van der Waals surface area contributed by atoms with Crippen molar-refractivity contribution in [3.8, 4) is 11.5 Å². The molecule has 6 nitrogen and oxygen atoms in total. The van der Waals surface area contributed by atoms with Gasteiger partial charge in [0.05, 0.1) is 25.8 Å². The van der Waals surface area contributed by atoms with E-state index in [4.69, 9.17) is 9.47 Å². The monoisotopic (exact) mass is 485 g/mol. The van der Waals surface area contributed by atoms with Gasteiger partial charge in [-0.15, -0.1) is 0 Å². The van der Waals surface area contributed by atoms with Crippen molar-refractivity contribution in [3.05, 3.63) is 94.6 Å². The van der Waals surface area contributed by atoms with Gasteiger partial charge in [0, 0.05) is 11.3 Å². The number of aryl methyl sites for hydroxylation is 1. The van der Waals surface area contributed by atoms with Crippen LogP contribution in [0.1, 0.15) is 49.1 Å². The predicted octanol–water partition coefficient (Wildman–Crippen LogP) is 5.94. The second-order valence-electron chi connectivity index (χ2n) is 9.93. The summed E-state index contributed by atoms with van der Waals surface area (Å²) in [6.45, 7) is 8.19. The summed E-state index contributed by atoms with van der Waals surface area (Å²) in [5.41, 5.74) is 3.52. The van der Waals surface area contributed by atoms with Crippen LogP contribution in [0, 0.1) is 6.92 Å². The number of aliphatic hydroxyl groups is 1. The topological polar surface area (TPSA) is 76.1 Å². The van der Waals surface area contributed by atoms with Crippen molar-refractivity contribution in [1.82, 2.24) is 0 Å². The van der Waals surface area contributed by atoms with Gasteiger partial charge >= 0.3 is 0 Å². The summed E-state index contributed by atoms with van der Waals surface area (Å²) in [6.07, 6.45) is 0. The van der Waals surface area contributed by atoms with E-state index in [1.807, 2.05) is 37.3 Å². The van der Waals surface area contributed by atoms with E-state index in [2.05, 4.69) is 20.8 Å². The van der Waals surface area contributed by atoms with Gasteiger partial charge in [-0.2, -0.15) is 0 Å². The highest BCUT2D eigenvalue weighted by Crippen LogP contribution is 2.43. The molecule has 1 aliphatic rings. The highest BCUT2D eigenvalue weighted by Gasteiger charge is 2.47. The van der Waals surface area contributed by atoms with Crippen molar-refractivity contribution in [2.75, 3.05) is 19.1 Å². The van der Waals surface area contributed by atoms with E-state index in [1.54, 1.807) is 50.6 Å². The maximum absolute atomic E-state index is 13.4. The summed E-state index contributed by atoms with van der Waals surface area (Å²) < 4.78 is 10.7. The van der Waals surface area contributed by atoms with Crippen molar-refractivity contribution in [1.29, 1.82) is 0 Å². The van der Waals surface area contributed by atoms with Crippen LogP contribution in [0.15, 0.2) is 72.3 Å². The highest BCUT2D eigenvalue weighted by atomic mass is 16.5. The molecule has 0 bridgehead atoms. The predicted molar refractivity (Wildman–Crippen MR) is 141 cm³/mol. The van der Waals surface area contributed by atoms with Crippen molar-refractivity contribution in [3.63, 3.8) is 0 Å². The normalized spacial score (nSPS) is 17.4. The Hall–Kier alpha value is -4.06. The summed E-state index contributed by atoms with van der Waals surface area (Å²) >= 11 is 0. The zero-order valence-corrected chi connectivity index (χ0v) is 21.5. The number of hydrogen-bond donors (Lipinski definition) is 1. The zero-order valence-electron chi connectivity index (χ0n) is 21.5. The number of Topliss-reactive ketones (excluding diaryl/α,β-unsaturated/α-hetero) is 1. The van der Waals surface area contributed by atoms with Crippen LogP contribution in [0.2, 0.25) is 0 Å². The Balaban J connectivity index is 1.92. The summed E-state index contributed by atoms with van der Waals surface area (Å²) in [7, 11) is 3.13. The first-order chi connectivity index (χ1) is 17.1. The molecule has 0 spiro atoms. The number of ketones is 1. The molecule has 1 heterocycles. The Morgan fingerprint density at radius 1 is 0.917 bits per heavy atom. The Morgan fingerprint density at radius 2 is 1.61 bits per heavy atom. The molecule has 3 aromatic carbocycles. The number of amides is 1. The van der Waals surface area contributed by atoms with E-state index in [-0.39, 0.29) is 16.7 Å². The molecule has 1 atom stereocenters. The fraction of sp³-hybridized carbons (Fsp3) is 0.267. The van der Waals surface area contributed by atoms with Gasteiger partial charge in [0.2, 0.25) is 0 Å². The molecule has 1 unspecified atom stereocenters. The molecule has 3 aromatic rings. The molecule has 1 N–H and O–H groups in total. The molecular formula is C30H31NO5. The molecule has 6 heteroatoms. The Labute approximate surface area is 211 Å². The number of rotatable bonds is 5. The molecule has 1 saturated heterocycles. The SMILES string of the molecule is COc1cccc(C2/C(=C(/O)c3ccc(OC)c(C)c3)C(=O)C(=O)N2c2ccc(C(C)(C)C)cc2)c1. The van der Waals surface area contributed by atoms with Gasteiger partial charge in [-0.25, -0.2) is 0 Å². The summed E-state index contributed by atoms with van der Waals surface area (Å²) in [6, 6.07) is 19.1. The van der Waals surface area contributed by atoms with Gasteiger partial charge in [-0.05, 0) is 71.5 Å². The Morgan fingerprint density at radius 3 is 2.19 bits per heavy atom. The van der Waals surface area contributed by atoms with E-state index < -0.39 is 17.7 Å². The van der Waals surface area contributed by atoms with E-state index in [1.165, 1.54) is 4.90 Å². The van der Waals surface area contributed by atoms with Crippen LogP contribution in [0.3, 0.4) is 0 Å². The molecule has 0 radical (unpaired) electrons. The van der Waals surface area contributed by atoms with Crippen LogP contribution in [0.5, 0.6) is 11.5 Å². The molecule has 1 aliphatic heterocycles. The third-order valence-electron chi connectivity index (χ3n) is 6.53. The number of hydrogen-bond acceptors (Lipinski definition) is 5. The number of carbonyl (C=O) groups is 2. The molecule has 0 aliphatic carbocycles. The van der Waals surface area contributed by atoms with Crippen LogP contribution in [-0.2, 0) is 15.0 Å². The minimum atomic E-state index is -0.831. The first kappa shape index (κ1) is 25.0. The van der Waals surface area contributed by atoms with Gasteiger partial charge in [-0.1, -0.05) is 45.0 Å². The van der Waals surface area contributed by atoms with E-state index in [0.29, 0.717) is 28.3 Å². The van der Waals surface area contributed by atoms with Gasteiger partial charge in [0.15, 0.2) is 0 Å². The molecule has 0 saturated carbocycles. The number of carbonyl (C=O) groups excluding carboxylic acids is 2. The lowest BCUT2D eigenvalue weighted by Gasteiger charge is -2.27. The maximum atomic E-state index is 13.4. The molecule has 186 valence electrons. The molecule has 0 aromatic heterocycles. The average Bonchev–Trinajstić information content (AvgIpc) is 3.13. The highest BCUT2D eigenvalue weighted by molar-refractivity contribution is 6.51. The Bertz CT molecular complexity index is 1350. The first-order valence-electron chi connectivity index (χ1n) is 11.8. The summed E-state index contributed by atoms with van der Waals surface area (Å²) in [5, 5.41) is 11.4. The summed E-state index contributed by atoms with van der Waals surface area (Å²) in [4.78, 5) is 28.3. The molecule has 4 rings (SSSR count). The maximum Gasteiger partial charge on any atom is 0.300 e. The van der Waals surface area contributed by atoms with Crippen LogP contribution < -0.4 is 14.4 Å². The summed E-state index contributed by atoms with van der Waals surface area (Å²) in [5.74, 6) is -0.427. The standard InChI is InChI=1S/C30H31NO5/c1-18-16-20(10-15-24(18)36-6)27(32)25-26(19-8-7-9-23(17-19)35-5)31(29(34)28(25)33)22-13-11-21(12-14-22)30(2,3)4/h7-17,26,32H,1-6H3/b27-25-. The number of aliphatic hydroxyl groups excluding tert-OH is 1. The van der Waals surface area contributed by atoms with Crippen LogP contribution in [-0.4, -0.2) is 31.0 Å². The smallest absolute Gasteiger partial charge is 0.300 e. The van der Waals surface area contributed by atoms with E-state index in [9.17, 15) is 14.7 Å². The third kappa shape index (κ3) is 4.47. The lowest BCUT2D eigenvalue weighted by atomic mass is 9.87. The fourth-order valence-corrected chi connectivity index (χ4v) is 4.53. The van der Waals surface area contributed by atoms with Gasteiger partial charge in [0.1, 0.15) is 17.3 Å². The minimum absolute atomic E-state index is 0.0257. The average molecular weight is 486 g/mol. The van der Waals surface area contributed by atoms with Crippen molar-refractivity contribution >= 4 is 23.1 Å². The largest absolute Gasteiger partial charge is 0.507 e. The second kappa shape index (κ2) is 9.53. The lowest BCUT2D eigenvalue weighted by molar-refractivity contribution is -0.132.